The summed E-state index contributed by atoms with van der Waals surface area (Å²) in [6.45, 7) is 1.78. The van der Waals surface area contributed by atoms with Gasteiger partial charge in [0.15, 0.2) is 0 Å². The highest BCUT2D eigenvalue weighted by molar-refractivity contribution is 5.97. The van der Waals surface area contributed by atoms with Gasteiger partial charge in [-0.1, -0.05) is 24.3 Å². The third kappa shape index (κ3) is 2.44. The van der Waals surface area contributed by atoms with E-state index in [4.69, 9.17) is 0 Å². The molecule has 0 aliphatic rings. The molecule has 0 radical (unpaired) electrons. The summed E-state index contributed by atoms with van der Waals surface area (Å²) < 4.78 is 0. The van der Waals surface area contributed by atoms with E-state index in [0.717, 1.165) is 5.56 Å². The van der Waals surface area contributed by atoms with E-state index in [1.807, 2.05) is 0 Å². The first-order chi connectivity index (χ1) is 9.00. The Balaban J connectivity index is 2.68. The average molecular weight is 257 g/mol. The van der Waals surface area contributed by atoms with Crippen LogP contribution in [0.5, 0.6) is 0 Å². The molecule has 2 aromatic carbocycles. The van der Waals surface area contributed by atoms with E-state index in [-0.39, 0.29) is 11.3 Å². The lowest BCUT2D eigenvalue weighted by Crippen LogP contribution is -2.01. The van der Waals surface area contributed by atoms with Gasteiger partial charge in [0.05, 0.1) is 10.5 Å². The number of nitrogens with zero attached hydrogens (tertiary/aromatic N) is 1. The summed E-state index contributed by atoms with van der Waals surface area (Å²) in [5.74, 6) is -1.05. The number of carbonyl (C=O) groups is 1. The highest BCUT2D eigenvalue weighted by atomic mass is 16.6. The topological polar surface area (TPSA) is 80.4 Å². The lowest BCUT2D eigenvalue weighted by Gasteiger charge is -2.09. The lowest BCUT2D eigenvalue weighted by molar-refractivity contribution is -0.384. The minimum Gasteiger partial charge on any atom is -0.478 e. The van der Waals surface area contributed by atoms with Crippen LogP contribution in [0, 0.1) is 17.0 Å². The van der Waals surface area contributed by atoms with Gasteiger partial charge >= 0.3 is 5.97 Å². The fourth-order valence-corrected chi connectivity index (χ4v) is 2.00. The van der Waals surface area contributed by atoms with Gasteiger partial charge in [-0.05, 0) is 29.7 Å². The molecule has 2 aromatic rings. The molecule has 0 heterocycles. The molecule has 0 saturated heterocycles. The lowest BCUT2D eigenvalue weighted by atomic mass is 9.95. The Morgan fingerprint density at radius 2 is 1.89 bits per heavy atom. The number of aryl methyl sites for hydroxylation is 1. The van der Waals surface area contributed by atoms with Crippen molar-refractivity contribution < 1.29 is 14.8 Å². The third-order valence-electron chi connectivity index (χ3n) is 2.85. The first-order valence-corrected chi connectivity index (χ1v) is 5.58. The van der Waals surface area contributed by atoms with Crippen LogP contribution in [0.4, 0.5) is 5.69 Å². The zero-order chi connectivity index (χ0) is 14.0. The fourth-order valence-electron chi connectivity index (χ4n) is 2.00. The second kappa shape index (κ2) is 4.89. The van der Waals surface area contributed by atoms with Crippen molar-refractivity contribution >= 4 is 11.7 Å². The van der Waals surface area contributed by atoms with Crippen molar-refractivity contribution in [2.24, 2.45) is 0 Å². The number of hydrogen-bond donors (Lipinski definition) is 1. The van der Waals surface area contributed by atoms with E-state index in [9.17, 15) is 20.0 Å². The first kappa shape index (κ1) is 12.8. The summed E-state index contributed by atoms with van der Waals surface area (Å²) in [6, 6.07) is 10.9. The van der Waals surface area contributed by atoms with Crippen LogP contribution in [-0.2, 0) is 0 Å². The number of benzene rings is 2. The summed E-state index contributed by atoms with van der Waals surface area (Å²) in [4.78, 5) is 21.5. The smallest absolute Gasteiger partial charge is 0.336 e. The predicted octanol–water partition coefficient (Wildman–Crippen LogP) is 3.27. The molecule has 0 bridgehead atoms. The van der Waals surface area contributed by atoms with Crippen LogP contribution in [0.1, 0.15) is 15.9 Å². The summed E-state index contributed by atoms with van der Waals surface area (Å²) in [7, 11) is 0. The Kier molecular flexibility index (Phi) is 3.29. The van der Waals surface area contributed by atoms with Crippen molar-refractivity contribution in [3.05, 3.63) is 63.7 Å². The van der Waals surface area contributed by atoms with Crippen molar-refractivity contribution in [1.82, 2.24) is 0 Å². The fraction of sp³-hybridized carbons (Fsp3) is 0.0714. The van der Waals surface area contributed by atoms with Crippen LogP contribution in [0.3, 0.4) is 0 Å². The van der Waals surface area contributed by atoms with E-state index >= 15 is 0 Å². The Morgan fingerprint density at radius 3 is 2.53 bits per heavy atom. The molecule has 5 heteroatoms. The van der Waals surface area contributed by atoms with E-state index < -0.39 is 10.9 Å². The maximum Gasteiger partial charge on any atom is 0.336 e. The van der Waals surface area contributed by atoms with Gasteiger partial charge in [-0.25, -0.2) is 4.79 Å². The monoisotopic (exact) mass is 257 g/mol. The highest BCUT2D eigenvalue weighted by Crippen LogP contribution is 2.29. The van der Waals surface area contributed by atoms with Gasteiger partial charge in [-0.3, -0.25) is 10.1 Å². The molecule has 0 spiro atoms. The van der Waals surface area contributed by atoms with Crippen LogP contribution in [0.15, 0.2) is 42.5 Å². The first-order valence-electron chi connectivity index (χ1n) is 5.58. The van der Waals surface area contributed by atoms with Crippen molar-refractivity contribution in [3.8, 4) is 11.1 Å². The number of hydrogen-bond acceptors (Lipinski definition) is 3. The summed E-state index contributed by atoms with van der Waals surface area (Å²) >= 11 is 0. The minimum absolute atomic E-state index is 0.0582. The molecule has 0 aromatic heterocycles. The Morgan fingerprint density at radius 1 is 1.21 bits per heavy atom. The Bertz CT molecular complexity index is 664. The molecule has 0 unspecified atom stereocenters. The number of non-ortho nitro benzene ring substituents is 1. The molecule has 1 N–H and O–H groups in total. The van der Waals surface area contributed by atoms with Crippen LogP contribution >= 0.6 is 0 Å². The second-order valence-electron chi connectivity index (χ2n) is 4.11. The maximum atomic E-state index is 11.2. The molecule has 0 atom stereocenters. The molecule has 0 aliphatic carbocycles. The van der Waals surface area contributed by atoms with Gasteiger partial charge in [0, 0.05) is 12.1 Å². The van der Waals surface area contributed by atoms with Crippen molar-refractivity contribution in [2.45, 2.75) is 6.92 Å². The molecule has 0 saturated carbocycles. The normalized spacial score (nSPS) is 10.2. The Hall–Kier alpha value is -2.69. The quantitative estimate of drug-likeness (QED) is 0.675. The van der Waals surface area contributed by atoms with E-state index in [0.29, 0.717) is 11.1 Å². The largest absolute Gasteiger partial charge is 0.478 e. The van der Waals surface area contributed by atoms with Gasteiger partial charge in [-0.2, -0.15) is 0 Å². The Labute approximate surface area is 109 Å². The number of carboxylic acid groups (broad SMARTS) is 1. The van der Waals surface area contributed by atoms with Gasteiger partial charge in [0.1, 0.15) is 0 Å². The SMILES string of the molecule is Cc1cccc(C(=O)O)c1-c1cccc([N+](=O)[O-])c1. The van der Waals surface area contributed by atoms with Crippen molar-refractivity contribution in [3.63, 3.8) is 0 Å². The van der Waals surface area contributed by atoms with E-state index in [1.54, 1.807) is 31.2 Å². The second-order valence-corrected chi connectivity index (χ2v) is 4.11. The average Bonchev–Trinajstić information content (AvgIpc) is 2.38. The number of rotatable bonds is 3. The zero-order valence-electron chi connectivity index (χ0n) is 10.2. The summed E-state index contributed by atoms with van der Waals surface area (Å²) in [5.41, 5.74) is 1.89. The van der Waals surface area contributed by atoms with Crippen molar-refractivity contribution in [1.29, 1.82) is 0 Å². The number of nitro benzene ring substituents is 1. The van der Waals surface area contributed by atoms with Gasteiger partial charge in [0.25, 0.3) is 5.69 Å². The van der Waals surface area contributed by atoms with E-state index in [2.05, 4.69) is 0 Å². The molecule has 0 aliphatic heterocycles. The van der Waals surface area contributed by atoms with Gasteiger partial charge in [-0.15, -0.1) is 0 Å². The molecule has 5 nitrogen and oxygen atoms in total. The molecular weight excluding hydrogens is 246 g/mol. The standard InChI is InChI=1S/C14H11NO4/c1-9-4-2-7-12(14(16)17)13(9)10-5-3-6-11(8-10)15(18)19/h2-8H,1H3,(H,16,17). The number of aromatic carboxylic acids is 1. The van der Waals surface area contributed by atoms with Crippen LogP contribution in [0.2, 0.25) is 0 Å². The molecular formula is C14H11NO4. The van der Waals surface area contributed by atoms with Crippen LogP contribution in [-0.4, -0.2) is 16.0 Å². The molecule has 96 valence electrons. The minimum atomic E-state index is -1.05. The van der Waals surface area contributed by atoms with Crippen LogP contribution < -0.4 is 0 Å². The van der Waals surface area contributed by atoms with E-state index in [1.165, 1.54) is 18.2 Å². The van der Waals surface area contributed by atoms with Crippen molar-refractivity contribution in [2.75, 3.05) is 0 Å². The summed E-state index contributed by atoms with van der Waals surface area (Å²) in [6.07, 6.45) is 0. The highest BCUT2D eigenvalue weighted by Gasteiger charge is 2.15. The molecule has 19 heavy (non-hydrogen) atoms. The number of nitro groups is 1. The third-order valence-corrected chi connectivity index (χ3v) is 2.85. The van der Waals surface area contributed by atoms with Crippen LogP contribution in [0.25, 0.3) is 11.1 Å². The zero-order valence-corrected chi connectivity index (χ0v) is 10.2. The van der Waals surface area contributed by atoms with Gasteiger partial charge in [0.2, 0.25) is 0 Å². The summed E-state index contributed by atoms with van der Waals surface area (Å²) in [5, 5.41) is 20.0. The maximum absolute atomic E-state index is 11.2. The molecule has 0 amide bonds. The van der Waals surface area contributed by atoms with Gasteiger partial charge < -0.3 is 5.11 Å². The predicted molar refractivity (Wildman–Crippen MR) is 70.2 cm³/mol. The number of carboxylic acids is 1. The molecule has 2 rings (SSSR count). The molecule has 0 fully saturated rings.